The minimum Gasteiger partial charge on any atom is -0.460 e. The summed E-state index contributed by atoms with van der Waals surface area (Å²) in [5.41, 5.74) is 1.84. The topological polar surface area (TPSA) is 80.7 Å². The maximum Gasteiger partial charge on any atom is 0.323 e. The predicted octanol–water partition coefficient (Wildman–Crippen LogP) is 0.926. The lowest BCUT2D eigenvalue weighted by molar-refractivity contribution is -0.141. The maximum atomic E-state index is 10.9. The molecular weight excluding hydrogens is 232 g/mol. The Hall–Kier alpha value is -1.40. The maximum absolute atomic E-state index is 10.9. The van der Waals surface area contributed by atoms with Gasteiger partial charge in [-0.1, -0.05) is 29.8 Å². The number of ether oxygens (including phenoxy) is 1. The Balaban J connectivity index is 2.46. The summed E-state index contributed by atoms with van der Waals surface area (Å²) in [6.07, 6.45) is 0. The van der Waals surface area contributed by atoms with Crippen molar-refractivity contribution in [3.05, 3.63) is 35.4 Å². The predicted molar refractivity (Wildman–Crippen MR) is 57.4 cm³/mol. The van der Waals surface area contributed by atoms with E-state index in [0.717, 1.165) is 11.1 Å². The van der Waals surface area contributed by atoms with Crippen molar-refractivity contribution in [3.63, 3.8) is 0 Å². The third-order valence-corrected chi connectivity index (χ3v) is 2.42. The van der Waals surface area contributed by atoms with Gasteiger partial charge in [0.05, 0.1) is 0 Å². The van der Waals surface area contributed by atoms with Crippen molar-refractivity contribution in [2.45, 2.75) is 13.5 Å². The number of esters is 1. The van der Waals surface area contributed by atoms with E-state index in [-0.39, 0.29) is 6.61 Å². The van der Waals surface area contributed by atoms with E-state index in [1.54, 1.807) is 12.1 Å². The number of carbonyl (C=O) groups is 1. The molecule has 0 spiro atoms. The Morgan fingerprint density at radius 2 is 1.88 bits per heavy atom. The van der Waals surface area contributed by atoms with Crippen LogP contribution >= 0.6 is 0 Å². The Morgan fingerprint density at radius 1 is 1.31 bits per heavy atom. The normalized spacial score (nSPS) is 11.1. The summed E-state index contributed by atoms with van der Waals surface area (Å²) in [5.74, 6) is -1.98. The molecule has 0 atom stereocenters. The second-order valence-corrected chi connectivity index (χ2v) is 4.83. The molecule has 0 fully saturated rings. The standard InChI is InChI=1S/C10H12O5S/c1-8-2-4-9(5-3-8)6-15-10(11)7-16(12,13)14/h2-5H,6-7H2,1H3,(H,12,13,14). The van der Waals surface area contributed by atoms with E-state index in [9.17, 15) is 13.2 Å². The molecule has 16 heavy (non-hydrogen) atoms. The molecule has 0 bridgehead atoms. The molecule has 1 aromatic carbocycles. The molecular formula is C10H12O5S. The van der Waals surface area contributed by atoms with Crippen LogP contribution in [0, 0.1) is 6.92 Å². The van der Waals surface area contributed by atoms with Gasteiger partial charge in [0.2, 0.25) is 0 Å². The van der Waals surface area contributed by atoms with E-state index in [0.29, 0.717) is 0 Å². The van der Waals surface area contributed by atoms with E-state index in [2.05, 4.69) is 4.74 Å². The van der Waals surface area contributed by atoms with Crippen LogP contribution in [0.5, 0.6) is 0 Å². The lowest BCUT2D eigenvalue weighted by atomic mass is 10.2. The van der Waals surface area contributed by atoms with E-state index < -0.39 is 21.8 Å². The number of aryl methyl sites for hydroxylation is 1. The molecule has 5 nitrogen and oxygen atoms in total. The minimum absolute atomic E-state index is 0.00532. The minimum atomic E-state index is -4.31. The van der Waals surface area contributed by atoms with Crippen LogP contribution in [0.3, 0.4) is 0 Å². The van der Waals surface area contributed by atoms with Crippen molar-refractivity contribution < 1.29 is 22.5 Å². The Bertz CT molecular complexity index is 460. The zero-order valence-electron chi connectivity index (χ0n) is 8.71. The monoisotopic (exact) mass is 244 g/mol. The van der Waals surface area contributed by atoms with Gasteiger partial charge in [-0.3, -0.25) is 9.35 Å². The Labute approximate surface area is 93.8 Å². The van der Waals surface area contributed by atoms with Gasteiger partial charge < -0.3 is 4.74 Å². The molecule has 1 rings (SSSR count). The van der Waals surface area contributed by atoms with Gasteiger partial charge >= 0.3 is 5.97 Å². The second kappa shape index (κ2) is 5.09. The first kappa shape index (κ1) is 12.7. The molecule has 0 amide bonds. The first-order valence-electron chi connectivity index (χ1n) is 4.53. The van der Waals surface area contributed by atoms with Gasteiger partial charge in [-0.25, -0.2) is 0 Å². The van der Waals surface area contributed by atoms with Gasteiger partial charge in [0, 0.05) is 0 Å². The van der Waals surface area contributed by atoms with Crippen LogP contribution in [-0.4, -0.2) is 24.7 Å². The van der Waals surface area contributed by atoms with Crippen LogP contribution in [0.25, 0.3) is 0 Å². The van der Waals surface area contributed by atoms with Crippen molar-refractivity contribution in [3.8, 4) is 0 Å². The highest BCUT2D eigenvalue weighted by atomic mass is 32.2. The fourth-order valence-electron chi connectivity index (χ4n) is 1.04. The molecule has 0 heterocycles. The van der Waals surface area contributed by atoms with Crippen molar-refractivity contribution in [2.75, 3.05) is 5.75 Å². The van der Waals surface area contributed by atoms with E-state index in [1.165, 1.54) is 0 Å². The number of hydrogen-bond acceptors (Lipinski definition) is 4. The molecule has 0 aliphatic rings. The molecule has 0 saturated heterocycles. The SMILES string of the molecule is Cc1ccc(COC(=O)CS(=O)(=O)O)cc1. The number of rotatable bonds is 4. The molecule has 1 N–H and O–H groups in total. The van der Waals surface area contributed by atoms with Crippen LogP contribution in [0.1, 0.15) is 11.1 Å². The molecule has 88 valence electrons. The average Bonchev–Trinajstić information content (AvgIpc) is 2.14. The van der Waals surface area contributed by atoms with Gasteiger partial charge in [-0.2, -0.15) is 8.42 Å². The summed E-state index contributed by atoms with van der Waals surface area (Å²) in [6.45, 7) is 1.92. The van der Waals surface area contributed by atoms with Crippen LogP contribution in [0.4, 0.5) is 0 Å². The van der Waals surface area contributed by atoms with Gasteiger partial charge in [0.1, 0.15) is 6.61 Å². The van der Waals surface area contributed by atoms with Gasteiger partial charge in [0.15, 0.2) is 5.75 Å². The first-order chi connectivity index (χ1) is 7.37. The summed E-state index contributed by atoms with van der Waals surface area (Å²) in [7, 11) is -4.31. The fraction of sp³-hybridized carbons (Fsp3) is 0.300. The van der Waals surface area contributed by atoms with Crippen molar-refractivity contribution in [1.82, 2.24) is 0 Å². The lowest BCUT2D eigenvalue weighted by Gasteiger charge is -2.03. The molecule has 0 radical (unpaired) electrons. The number of hydrogen-bond donors (Lipinski definition) is 1. The molecule has 6 heteroatoms. The quantitative estimate of drug-likeness (QED) is 0.629. The van der Waals surface area contributed by atoms with Crippen molar-refractivity contribution in [1.29, 1.82) is 0 Å². The van der Waals surface area contributed by atoms with Gasteiger partial charge in [-0.05, 0) is 12.5 Å². The van der Waals surface area contributed by atoms with E-state index in [1.807, 2.05) is 19.1 Å². The zero-order chi connectivity index (χ0) is 12.2. The van der Waals surface area contributed by atoms with E-state index in [4.69, 9.17) is 4.55 Å². The van der Waals surface area contributed by atoms with Gasteiger partial charge in [0.25, 0.3) is 10.1 Å². The average molecular weight is 244 g/mol. The highest BCUT2D eigenvalue weighted by Crippen LogP contribution is 2.04. The highest BCUT2D eigenvalue weighted by Gasteiger charge is 2.13. The Kier molecular flexibility index (Phi) is 4.03. The van der Waals surface area contributed by atoms with Crippen LogP contribution < -0.4 is 0 Å². The summed E-state index contributed by atoms with van der Waals surface area (Å²) >= 11 is 0. The molecule has 0 aliphatic carbocycles. The van der Waals surface area contributed by atoms with Crippen LogP contribution in [-0.2, 0) is 26.3 Å². The smallest absolute Gasteiger partial charge is 0.323 e. The molecule has 0 saturated carbocycles. The van der Waals surface area contributed by atoms with Crippen LogP contribution in [0.15, 0.2) is 24.3 Å². The lowest BCUT2D eigenvalue weighted by Crippen LogP contribution is -2.17. The molecule has 0 aromatic heterocycles. The highest BCUT2D eigenvalue weighted by molar-refractivity contribution is 7.86. The molecule has 1 aromatic rings. The number of benzene rings is 1. The molecule has 0 aliphatic heterocycles. The first-order valence-corrected chi connectivity index (χ1v) is 6.14. The third-order valence-electron chi connectivity index (χ3n) is 1.82. The third kappa shape index (κ3) is 4.90. The summed E-state index contributed by atoms with van der Waals surface area (Å²) in [5, 5.41) is 0. The number of carbonyl (C=O) groups excluding carboxylic acids is 1. The Morgan fingerprint density at radius 3 is 2.38 bits per heavy atom. The fourth-order valence-corrected chi connectivity index (χ4v) is 1.42. The van der Waals surface area contributed by atoms with Gasteiger partial charge in [-0.15, -0.1) is 0 Å². The van der Waals surface area contributed by atoms with Crippen molar-refractivity contribution >= 4 is 16.1 Å². The van der Waals surface area contributed by atoms with Crippen LogP contribution in [0.2, 0.25) is 0 Å². The molecule has 0 unspecified atom stereocenters. The second-order valence-electron chi connectivity index (χ2n) is 3.37. The summed E-state index contributed by atoms with van der Waals surface area (Å²) in [6, 6.07) is 7.25. The van der Waals surface area contributed by atoms with Crippen molar-refractivity contribution in [2.24, 2.45) is 0 Å². The largest absolute Gasteiger partial charge is 0.460 e. The van der Waals surface area contributed by atoms with E-state index >= 15 is 0 Å². The summed E-state index contributed by atoms with van der Waals surface area (Å²) in [4.78, 5) is 10.9. The zero-order valence-corrected chi connectivity index (χ0v) is 9.53. The summed E-state index contributed by atoms with van der Waals surface area (Å²) < 4.78 is 33.8.